The molecule has 3 aromatic rings. The second-order valence-electron chi connectivity index (χ2n) is 13.0. The predicted octanol–water partition coefficient (Wildman–Crippen LogP) is 10.7. The Hall–Kier alpha value is -2.51. The number of hydrogen-bond donors (Lipinski definition) is 0. The molecule has 4 heteroatoms. The lowest BCUT2D eigenvalue weighted by molar-refractivity contribution is 0.678. The molecule has 254 valence electrons. The monoisotopic (exact) mass is 643 g/mol. The van der Waals surface area contributed by atoms with E-state index in [-0.39, 0.29) is 0 Å². The van der Waals surface area contributed by atoms with Crippen LogP contribution in [-0.4, -0.2) is 39.3 Å². The molecular formula is C42H66N3P. The van der Waals surface area contributed by atoms with Gasteiger partial charge in [-0.25, -0.2) is 0 Å². The number of benzene rings is 3. The Morgan fingerprint density at radius 1 is 0.326 bits per heavy atom. The molecule has 3 nitrogen and oxygen atoms in total. The van der Waals surface area contributed by atoms with Crippen LogP contribution in [0.15, 0.2) is 72.8 Å². The van der Waals surface area contributed by atoms with E-state index >= 15 is 0 Å². The van der Waals surface area contributed by atoms with Gasteiger partial charge in [-0.2, -0.15) is 0 Å². The van der Waals surface area contributed by atoms with Crippen molar-refractivity contribution in [3.05, 3.63) is 72.8 Å². The number of unbranched alkanes of at least 4 members (excludes halogenated alkanes) is 6. The minimum absolute atomic E-state index is 0.662. The third-order valence-electron chi connectivity index (χ3n) is 9.11. The van der Waals surface area contributed by atoms with E-state index in [1.54, 1.807) is 0 Å². The summed E-state index contributed by atoms with van der Waals surface area (Å²) in [5.41, 5.74) is 4.11. The van der Waals surface area contributed by atoms with Gasteiger partial charge in [-0.3, -0.25) is 0 Å². The molecule has 0 aliphatic heterocycles. The summed E-state index contributed by atoms with van der Waals surface area (Å²) in [4.78, 5) is 7.81. The van der Waals surface area contributed by atoms with E-state index < -0.39 is 7.92 Å². The molecule has 0 aliphatic carbocycles. The number of nitrogens with zero attached hydrogens (tertiary/aromatic N) is 3. The third-order valence-corrected chi connectivity index (χ3v) is 11.6. The van der Waals surface area contributed by atoms with E-state index in [2.05, 4.69) is 129 Å². The van der Waals surface area contributed by atoms with Crippen LogP contribution in [0.3, 0.4) is 0 Å². The Bertz CT molecular complexity index is 1000. The van der Waals surface area contributed by atoms with Gasteiger partial charge in [0, 0.05) is 56.3 Å². The van der Waals surface area contributed by atoms with E-state index in [0.717, 1.165) is 39.3 Å². The first-order valence-electron chi connectivity index (χ1n) is 18.9. The SMILES string of the molecule is CCCCN(CCCC)c1ccc(P(c2ccc(N(CCCC)CCCC)cc2)c2ccc(N(CCCC)CCCC)cc2)cc1. The molecule has 46 heavy (non-hydrogen) atoms. The van der Waals surface area contributed by atoms with Crippen LogP contribution in [0.2, 0.25) is 0 Å². The standard InChI is InChI=1S/C42H66N3P/c1-7-13-31-43(32-14-8-2)37-19-25-40(26-20-37)46(41-27-21-38(22-28-41)44(33-15-9-3)34-16-10-4)42-29-23-39(24-30-42)45(35-17-11-5)36-18-12-6/h19-30H,7-18,31-36H2,1-6H3. The van der Waals surface area contributed by atoms with Crippen LogP contribution in [0.25, 0.3) is 0 Å². The van der Waals surface area contributed by atoms with Gasteiger partial charge in [-0.15, -0.1) is 0 Å². The van der Waals surface area contributed by atoms with Crippen LogP contribution >= 0.6 is 7.92 Å². The summed E-state index contributed by atoms with van der Waals surface area (Å²) >= 11 is 0. The number of rotatable bonds is 24. The molecule has 0 heterocycles. The lowest BCUT2D eigenvalue weighted by Crippen LogP contribution is -2.27. The zero-order valence-electron chi connectivity index (χ0n) is 30.4. The van der Waals surface area contributed by atoms with Crippen LogP contribution in [0, 0.1) is 0 Å². The smallest absolute Gasteiger partial charge is 0.0366 e. The lowest BCUT2D eigenvalue weighted by Gasteiger charge is -2.28. The molecule has 3 aromatic carbocycles. The third kappa shape index (κ3) is 11.9. The van der Waals surface area contributed by atoms with Crippen molar-refractivity contribution >= 4 is 40.9 Å². The highest BCUT2D eigenvalue weighted by Gasteiger charge is 2.19. The molecule has 0 bridgehead atoms. The quantitative estimate of drug-likeness (QED) is 0.0900. The van der Waals surface area contributed by atoms with Crippen molar-refractivity contribution in [1.29, 1.82) is 0 Å². The molecule has 0 saturated carbocycles. The van der Waals surface area contributed by atoms with E-state index in [4.69, 9.17) is 0 Å². The highest BCUT2D eigenvalue weighted by molar-refractivity contribution is 7.79. The first kappa shape index (κ1) is 37.9. The molecule has 0 saturated heterocycles. The van der Waals surface area contributed by atoms with Crippen LogP contribution in [0.5, 0.6) is 0 Å². The molecule has 0 radical (unpaired) electrons. The highest BCUT2D eigenvalue weighted by atomic mass is 31.1. The van der Waals surface area contributed by atoms with Crippen molar-refractivity contribution < 1.29 is 0 Å². The predicted molar refractivity (Wildman–Crippen MR) is 211 cm³/mol. The summed E-state index contributed by atoms with van der Waals surface area (Å²) in [5, 5.41) is 4.31. The minimum Gasteiger partial charge on any atom is -0.372 e. The van der Waals surface area contributed by atoms with Crippen molar-refractivity contribution in [3.8, 4) is 0 Å². The Morgan fingerprint density at radius 3 is 0.696 bits per heavy atom. The van der Waals surface area contributed by atoms with Crippen molar-refractivity contribution in [1.82, 2.24) is 0 Å². The minimum atomic E-state index is -0.662. The maximum Gasteiger partial charge on any atom is 0.0366 e. The van der Waals surface area contributed by atoms with Gasteiger partial charge in [0.1, 0.15) is 0 Å². The van der Waals surface area contributed by atoms with Crippen LogP contribution in [-0.2, 0) is 0 Å². The fourth-order valence-corrected chi connectivity index (χ4v) is 8.32. The van der Waals surface area contributed by atoms with Gasteiger partial charge in [0.15, 0.2) is 0 Å². The Morgan fingerprint density at radius 2 is 0.522 bits per heavy atom. The second-order valence-corrected chi connectivity index (χ2v) is 15.2. The maximum absolute atomic E-state index is 2.60. The van der Waals surface area contributed by atoms with Gasteiger partial charge in [-0.1, -0.05) is 116 Å². The Labute approximate surface area is 285 Å². The summed E-state index contributed by atoms with van der Waals surface area (Å²) in [6.45, 7) is 20.6. The van der Waals surface area contributed by atoms with Crippen LogP contribution in [0.4, 0.5) is 17.1 Å². The van der Waals surface area contributed by atoms with Crippen molar-refractivity contribution in [2.45, 2.75) is 119 Å². The van der Waals surface area contributed by atoms with Crippen molar-refractivity contribution in [3.63, 3.8) is 0 Å². The molecule has 0 amide bonds. The number of anilines is 3. The van der Waals surface area contributed by atoms with Gasteiger partial charge in [0.25, 0.3) is 0 Å². The second kappa shape index (κ2) is 22.1. The summed E-state index contributed by atoms with van der Waals surface area (Å²) in [7, 11) is -0.662. The van der Waals surface area contributed by atoms with Gasteiger partial charge >= 0.3 is 0 Å². The topological polar surface area (TPSA) is 9.72 Å². The summed E-state index contributed by atoms with van der Waals surface area (Å²) < 4.78 is 0. The van der Waals surface area contributed by atoms with Gasteiger partial charge in [0.2, 0.25) is 0 Å². The molecule has 3 rings (SSSR count). The molecule has 0 aliphatic rings. The van der Waals surface area contributed by atoms with Crippen LogP contribution < -0.4 is 30.6 Å². The highest BCUT2D eigenvalue weighted by Crippen LogP contribution is 2.35. The van der Waals surface area contributed by atoms with Gasteiger partial charge < -0.3 is 14.7 Å². The number of hydrogen-bond acceptors (Lipinski definition) is 3. The molecule has 0 aromatic heterocycles. The molecule has 0 N–H and O–H groups in total. The first-order valence-corrected chi connectivity index (χ1v) is 20.3. The van der Waals surface area contributed by atoms with Crippen LogP contribution in [0.1, 0.15) is 119 Å². The largest absolute Gasteiger partial charge is 0.372 e. The normalized spacial score (nSPS) is 11.3. The van der Waals surface area contributed by atoms with Gasteiger partial charge in [-0.05, 0) is 98.8 Å². The van der Waals surface area contributed by atoms with E-state index in [9.17, 15) is 0 Å². The van der Waals surface area contributed by atoms with E-state index in [1.807, 2.05) is 0 Å². The van der Waals surface area contributed by atoms with Crippen molar-refractivity contribution in [2.24, 2.45) is 0 Å². The summed E-state index contributed by atoms with van der Waals surface area (Å²) in [6, 6.07) is 28.9. The molecule has 0 atom stereocenters. The molecular weight excluding hydrogens is 577 g/mol. The van der Waals surface area contributed by atoms with E-state index in [1.165, 1.54) is 110 Å². The van der Waals surface area contributed by atoms with E-state index in [0.29, 0.717) is 0 Å². The average molecular weight is 644 g/mol. The Kier molecular flexibility index (Phi) is 18.3. The van der Waals surface area contributed by atoms with Crippen molar-refractivity contribution in [2.75, 3.05) is 54.0 Å². The zero-order valence-corrected chi connectivity index (χ0v) is 31.3. The summed E-state index contributed by atoms with van der Waals surface area (Å²) in [5.74, 6) is 0. The first-order chi connectivity index (χ1) is 22.6. The van der Waals surface area contributed by atoms with Gasteiger partial charge in [0.05, 0.1) is 0 Å². The maximum atomic E-state index is 2.60. The summed E-state index contributed by atoms with van der Waals surface area (Å²) in [6.07, 6.45) is 14.9. The average Bonchev–Trinajstić information content (AvgIpc) is 3.10. The fourth-order valence-electron chi connectivity index (χ4n) is 6.09. The molecule has 0 unspecified atom stereocenters. The Balaban J connectivity index is 1.98. The molecule has 0 spiro atoms. The lowest BCUT2D eigenvalue weighted by atomic mass is 10.2. The fraction of sp³-hybridized carbons (Fsp3) is 0.571. The zero-order chi connectivity index (χ0) is 33.0. The molecule has 0 fully saturated rings.